The quantitative estimate of drug-likeness (QED) is 0.582. The first-order valence-electron chi connectivity index (χ1n) is 4.78. The average molecular weight is 302 g/mol. The van der Waals surface area contributed by atoms with Crippen molar-refractivity contribution in [2.45, 2.75) is 10.1 Å². The Kier molecular flexibility index (Phi) is 3.70. The van der Waals surface area contributed by atoms with Gasteiger partial charge in [-0.3, -0.25) is 0 Å². The Hall–Kier alpha value is -1.37. The predicted octanol–water partition coefficient (Wildman–Crippen LogP) is 2.68. The van der Waals surface area contributed by atoms with Gasteiger partial charge in [-0.05, 0) is 23.9 Å². The van der Waals surface area contributed by atoms with E-state index in [0.29, 0.717) is 25.8 Å². The van der Waals surface area contributed by atoms with Crippen LogP contribution in [0.1, 0.15) is 0 Å². The maximum absolute atomic E-state index is 6.06. The largest absolute Gasteiger partial charge is 0.399 e. The third-order valence-electron chi connectivity index (χ3n) is 1.96. The SMILES string of the molecule is Nc1cc(Cl)c(Sc2nc(N)cc(N)n2)c(Cl)c1. The van der Waals surface area contributed by atoms with Crippen LogP contribution < -0.4 is 17.2 Å². The van der Waals surface area contributed by atoms with Crippen LogP contribution in [0, 0.1) is 0 Å². The van der Waals surface area contributed by atoms with E-state index in [1.54, 1.807) is 12.1 Å². The molecule has 0 aliphatic rings. The topological polar surface area (TPSA) is 104 Å². The number of nitrogen functional groups attached to an aromatic ring is 3. The number of hydrogen-bond donors (Lipinski definition) is 3. The zero-order valence-corrected chi connectivity index (χ0v) is 11.4. The van der Waals surface area contributed by atoms with Gasteiger partial charge in [-0.15, -0.1) is 0 Å². The molecule has 1 heterocycles. The summed E-state index contributed by atoms with van der Waals surface area (Å²) >= 11 is 13.3. The highest BCUT2D eigenvalue weighted by atomic mass is 35.5. The van der Waals surface area contributed by atoms with E-state index in [1.165, 1.54) is 17.8 Å². The van der Waals surface area contributed by atoms with Crippen LogP contribution in [0.15, 0.2) is 28.3 Å². The molecule has 2 rings (SSSR count). The summed E-state index contributed by atoms with van der Waals surface area (Å²) in [6, 6.07) is 4.67. The number of benzene rings is 1. The summed E-state index contributed by atoms with van der Waals surface area (Å²) in [4.78, 5) is 8.68. The molecule has 0 amide bonds. The molecule has 0 bridgehead atoms. The molecule has 94 valence electrons. The first-order valence-corrected chi connectivity index (χ1v) is 6.35. The van der Waals surface area contributed by atoms with Crippen molar-refractivity contribution < 1.29 is 0 Å². The molecule has 0 fully saturated rings. The number of rotatable bonds is 2. The lowest BCUT2D eigenvalue weighted by molar-refractivity contribution is 0.984. The highest BCUT2D eigenvalue weighted by Gasteiger charge is 2.11. The van der Waals surface area contributed by atoms with E-state index >= 15 is 0 Å². The summed E-state index contributed by atoms with van der Waals surface area (Å²) in [5.74, 6) is 0.570. The van der Waals surface area contributed by atoms with Gasteiger partial charge in [0.2, 0.25) is 0 Å². The van der Waals surface area contributed by atoms with Crippen LogP contribution in [0.25, 0.3) is 0 Å². The van der Waals surface area contributed by atoms with Gasteiger partial charge in [0.25, 0.3) is 0 Å². The fourth-order valence-electron chi connectivity index (χ4n) is 1.28. The van der Waals surface area contributed by atoms with Crippen molar-refractivity contribution in [2.24, 2.45) is 0 Å². The molecule has 8 heteroatoms. The van der Waals surface area contributed by atoms with Crippen LogP contribution >= 0.6 is 35.0 Å². The zero-order chi connectivity index (χ0) is 13.3. The van der Waals surface area contributed by atoms with Crippen molar-refractivity contribution in [1.82, 2.24) is 9.97 Å². The van der Waals surface area contributed by atoms with E-state index in [-0.39, 0.29) is 11.6 Å². The lowest BCUT2D eigenvalue weighted by Crippen LogP contribution is -1.99. The fourth-order valence-corrected chi connectivity index (χ4v) is 2.81. The second-order valence-corrected chi connectivity index (χ2v) is 5.21. The van der Waals surface area contributed by atoms with Crippen LogP contribution in [0.5, 0.6) is 0 Å². The molecule has 0 saturated carbocycles. The van der Waals surface area contributed by atoms with Crippen molar-refractivity contribution in [3.63, 3.8) is 0 Å². The van der Waals surface area contributed by atoms with Gasteiger partial charge < -0.3 is 17.2 Å². The Morgan fingerprint density at radius 2 is 1.39 bits per heavy atom. The molecule has 0 aliphatic heterocycles. The number of nitrogens with two attached hydrogens (primary N) is 3. The van der Waals surface area contributed by atoms with Gasteiger partial charge in [0.05, 0.1) is 14.9 Å². The Balaban J connectivity index is 2.40. The van der Waals surface area contributed by atoms with E-state index in [4.69, 9.17) is 40.4 Å². The normalized spacial score (nSPS) is 10.6. The summed E-state index contributed by atoms with van der Waals surface area (Å²) in [6.07, 6.45) is 0. The summed E-state index contributed by atoms with van der Waals surface area (Å²) in [6.45, 7) is 0. The van der Waals surface area contributed by atoms with Crippen LogP contribution in [0.3, 0.4) is 0 Å². The maximum atomic E-state index is 6.06. The van der Waals surface area contributed by atoms with E-state index in [1.807, 2.05) is 0 Å². The number of nitrogens with zero attached hydrogens (tertiary/aromatic N) is 2. The lowest BCUT2D eigenvalue weighted by atomic mass is 10.3. The van der Waals surface area contributed by atoms with E-state index in [9.17, 15) is 0 Å². The van der Waals surface area contributed by atoms with Crippen molar-refractivity contribution in [3.8, 4) is 0 Å². The number of halogens is 2. The van der Waals surface area contributed by atoms with Gasteiger partial charge in [-0.25, -0.2) is 9.97 Å². The van der Waals surface area contributed by atoms with Gasteiger partial charge in [-0.2, -0.15) is 0 Å². The number of aromatic nitrogens is 2. The smallest absolute Gasteiger partial charge is 0.196 e. The minimum Gasteiger partial charge on any atom is -0.399 e. The highest BCUT2D eigenvalue weighted by Crippen LogP contribution is 2.39. The zero-order valence-electron chi connectivity index (χ0n) is 9.02. The minimum atomic E-state index is 0.285. The van der Waals surface area contributed by atoms with Gasteiger partial charge in [-0.1, -0.05) is 23.2 Å². The monoisotopic (exact) mass is 301 g/mol. The molecular formula is C10H9Cl2N5S. The van der Waals surface area contributed by atoms with Crippen LogP contribution in [-0.4, -0.2) is 9.97 Å². The molecule has 0 radical (unpaired) electrons. The first-order chi connectivity index (χ1) is 8.45. The van der Waals surface area contributed by atoms with Crippen molar-refractivity contribution >= 4 is 52.3 Å². The fraction of sp³-hybridized carbons (Fsp3) is 0. The second-order valence-electron chi connectivity index (χ2n) is 3.42. The molecule has 0 unspecified atom stereocenters. The summed E-state index contributed by atoms with van der Waals surface area (Å²) in [5, 5.41) is 1.23. The Morgan fingerprint density at radius 3 is 1.89 bits per heavy atom. The highest BCUT2D eigenvalue weighted by molar-refractivity contribution is 7.99. The Bertz CT molecular complexity index is 562. The van der Waals surface area contributed by atoms with Crippen LogP contribution in [0.4, 0.5) is 17.3 Å². The minimum absolute atomic E-state index is 0.285. The van der Waals surface area contributed by atoms with E-state index < -0.39 is 0 Å². The van der Waals surface area contributed by atoms with E-state index in [2.05, 4.69) is 9.97 Å². The average Bonchev–Trinajstić information content (AvgIpc) is 2.22. The predicted molar refractivity (Wildman–Crippen MR) is 75.9 cm³/mol. The Labute approximate surface area is 118 Å². The molecule has 5 nitrogen and oxygen atoms in total. The van der Waals surface area contributed by atoms with Crippen LogP contribution in [-0.2, 0) is 0 Å². The van der Waals surface area contributed by atoms with Crippen LogP contribution in [0.2, 0.25) is 10.0 Å². The molecule has 1 aromatic heterocycles. The maximum Gasteiger partial charge on any atom is 0.196 e. The number of hydrogen-bond acceptors (Lipinski definition) is 6. The summed E-state index contributed by atoms with van der Waals surface area (Å²) < 4.78 is 0. The molecule has 18 heavy (non-hydrogen) atoms. The Morgan fingerprint density at radius 1 is 0.889 bits per heavy atom. The van der Waals surface area contributed by atoms with E-state index in [0.717, 1.165) is 0 Å². The molecule has 1 aromatic carbocycles. The molecule has 0 saturated heterocycles. The summed E-state index contributed by atoms with van der Waals surface area (Å²) in [7, 11) is 0. The van der Waals surface area contributed by atoms with Gasteiger partial charge in [0.15, 0.2) is 5.16 Å². The van der Waals surface area contributed by atoms with Gasteiger partial charge in [0.1, 0.15) is 11.6 Å². The van der Waals surface area contributed by atoms with Gasteiger partial charge in [0, 0.05) is 11.8 Å². The lowest BCUT2D eigenvalue weighted by Gasteiger charge is -2.07. The third-order valence-corrected chi connectivity index (χ3v) is 3.79. The second kappa shape index (κ2) is 5.09. The van der Waals surface area contributed by atoms with Gasteiger partial charge >= 0.3 is 0 Å². The third kappa shape index (κ3) is 2.90. The van der Waals surface area contributed by atoms with Crippen molar-refractivity contribution in [3.05, 3.63) is 28.2 Å². The molecule has 2 aromatic rings. The standard InChI is InChI=1S/C10H9Cl2N5S/c11-5-1-4(13)2-6(12)9(5)18-10-16-7(14)3-8(15)17-10/h1-3H,13H2,(H4,14,15,16,17). The molecule has 0 spiro atoms. The molecule has 0 atom stereocenters. The molecule has 0 aliphatic carbocycles. The van der Waals surface area contributed by atoms with Crippen molar-refractivity contribution in [1.29, 1.82) is 0 Å². The molecule has 6 N–H and O–H groups in total. The molecular weight excluding hydrogens is 293 g/mol. The van der Waals surface area contributed by atoms with Crippen molar-refractivity contribution in [2.75, 3.05) is 17.2 Å². The first kappa shape index (κ1) is 13.1. The number of anilines is 3. The summed E-state index contributed by atoms with van der Waals surface area (Å²) in [5.41, 5.74) is 17.3.